The van der Waals surface area contributed by atoms with Gasteiger partial charge in [-0.3, -0.25) is 4.98 Å². The Morgan fingerprint density at radius 1 is 1.24 bits per heavy atom. The number of hydrogen-bond acceptors (Lipinski definition) is 2. The molecular formula is C13H12BrFN2. The van der Waals surface area contributed by atoms with Crippen molar-refractivity contribution >= 4 is 15.9 Å². The zero-order valence-electron chi connectivity index (χ0n) is 9.11. The molecule has 0 spiro atoms. The van der Waals surface area contributed by atoms with E-state index in [0.717, 1.165) is 10.0 Å². The summed E-state index contributed by atoms with van der Waals surface area (Å²) in [5.41, 5.74) is 7.61. The molecule has 0 saturated carbocycles. The summed E-state index contributed by atoms with van der Waals surface area (Å²) in [6, 6.07) is 8.50. The molecule has 0 bridgehead atoms. The smallest absolute Gasteiger partial charge is 0.127 e. The summed E-state index contributed by atoms with van der Waals surface area (Å²) in [7, 11) is 0. The predicted molar refractivity (Wildman–Crippen MR) is 69.0 cm³/mol. The first-order valence-corrected chi connectivity index (χ1v) is 6.05. The molecule has 0 aliphatic heterocycles. The van der Waals surface area contributed by atoms with Crippen LogP contribution in [0.5, 0.6) is 0 Å². The van der Waals surface area contributed by atoms with Crippen LogP contribution >= 0.6 is 15.9 Å². The van der Waals surface area contributed by atoms with Crippen LogP contribution in [0.15, 0.2) is 47.2 Å². The molecule has 2 nitrogen and oxygen atoms in total. The molecule has 0 aliphatic rings. The second kappa shape index (κ2) is 5.38. The maximum atomic E-state index is 13.6. The first-order valence-electron chi connectivity index (χ1n) is 5.26. The lowest BCUT2D eigenvalue weighted by Gasteiger charge is -2.12. The first kappa shape index (κ1) is 12.2. The monoisotopic (exact) mass is 294 g/mol. The second-order valence-electron chi connectivity index (χ2n) is 3.83. The number of nitrogens with zero attached hydrogens (tertiary/aromatic N) is 1. The van der Waals surface area contributed by atoms with Gasteiger partial charge in [-0.1, -0.05) is 22.0 Å². The largest absolute Gasteiger partial charge is 0.324 e. The van der Waals surface area contributed by atoms with Gasteiger partial charge in [-0.25, -0.2) is 4.39 Å². The minimum absolute atomic E-state index is 0.214. The van der Waals surface area contributed by atoms with Crippen LogP contribution in [-0.2, 0) is 6.42 Å². The molecule has 17 heavy (non-hydrogen) atoms. The van der Waals surface area contributed by atoms with Gasteiger partial charge in [0.05, 0.1) is 0 Å². The van der Waals surface area contributed by atoms with E-state index in [-0.39, 0.29) is 11.9 Å². The Morgan fingerprint density at radius 3 is 2.59 bits per heavy atom. The van der Waals surface area contributed by atoms with Gasteiger partial charge in [0.25, 0.3) is 0 Å². The quantitative estimate of drug-likeness (QED) is 0.944. The van der Waals surface area contributed by atoms with Gasteiger partial charge in [0.2, 0.25) is 0 Å². The van der Waals surface area contributed by atoms with Crippen molar-refractivity contribution in [3.05, 3.63) is 64.1 Å². The normalized spacial score (nSPS) is 12.4. The van der Waals surface area contributed by atoms with Crippen molar-refractivity contribution in [1.29, 1.82) is 0 Å². The molecule has 88 valence electrons. The zero-order chi connectivity index (χ0) is 12.3. The number of halogens is 2. The molecule has 0 aliphatic carbocycles. The van der Waals surface area contributed by atoms with Crippen LogP contribution in [0.1, 0.15) is 17.2 Å². The summed E-state index contributed by atoms with van der Waals surface area (Å²) in [6.07, 6.45) is 3.85. The highest BCUT2D eigenvalue weighted by atomic mass is 79.9. The molecule has 1 unspecified atom stereocenters. The van der Waals surface area contributed by atoms with E-state index in [1.807, 2.05) is 18.2 Å². The van der Waals surface area contributed by atoms with Crippen LogP contribution < -0.4 is 5.73 Å². The van der Waals surface area contributed by atoms with E-state index in [1.54, 1.807) is 18.5 Å². The Kier molecular flexibility index (Phi) is 3.86. The lowest BCUT2D eigenvalue weighted by atomic mass is 10.0. The first-order chi connectivity index (χ1) is 8.16. The van der Waals surface area contributed by atoms with E-state index in [4.69, 9.17) is 5.73 Å². The van der Waals surface area contributed by atoms with Crippen molar-refractivity contribution in [3.8, 4) is 0 Å². The van der Waals surface area contributed by atoms with E-state index >= 15 is 0 Å². The predicted octanol–water partition coefficient (Wildman–Crippen LogP) is 3.23. The average Bonchev–Trinajstić information content (AvgIpc) is 2.34. The van der Waals surface area contributed by atoms with Crippen LogP contribution in [0.4, 0.5) is 4.39 Å². The van der Waals surface area contributed by atoms with Gasteiger partial charge in [-0.15, -0.1) is 0 Å². The topological polar surface area (TPSA) is 38.9 Å². The van der Waals surface area contributed by atoms with Gasteiger partial charge in [0.15, 0.2) is 0 Å². The van der Waals surface area contributed by atoms with Crippen LogP contribution in [0.25, 0.3) is 0 Å². The molecular weight excluding hydrogens is 283 g/mol. The Balaban J connectivity index is 2.16. The lowest BCUT2D eigenvalue weighted by molar-refractivity contribution is 0.592. The molecule has 0 fully saturated rings. The Hall–Kier alpha value is -1.26. The highest BCUT2D eigenvalue weighted by molar-refractivity contribution is 9.10. The van der Waals surface area contributed by atoms with E-state index in [0.29, 0.717) is 12.0 Å². The van der Waals surface area contributed by atoms with Gasteiger partial charge >= 0.3 is 0 Å². The third-order valence-electron chi connectivity index (χ3n) is 2.59. The maximum absolute atomic E-state index is 13.6. The lowest BCUT2D eigenvalue weighted by Crippen LogP contribution is -2.14. The fraction of sp³-hybridized carbons (Fsp3) is 0.154. The van der Waals surface area contributed by atoms with Crippen molar-refractivity contribution < 1.29 is 4.39 Å². The molecule has 2 aromatic rings. The van der Waals surface area contributed by atoms with Crippen LogP contribution in [0, 0.1) is 5.82 Å². The molecule has 2 N–H and O–H groups in total. The average molecular weight is 295 g/mol. The molecule has 4 heteroatoms. The molecule has 1 atom stereocenters. The van der Waals surface area contributed by atoms with E-state index < -0.39 is 0 Å². The SMILES string of the molecule is NC(Cc1ccc(Br)cc1F)c1ccncc1. The molecule has 1 aromatic heterocycles. The number of hydrogen-bond donors (Lipinski definition) is 1. The number of pyridine rings is 1. The van der Waals surface area contributed by atoms with Crippen molar-refractivity contribution in [2.75, 3.05) is 0 Å². The molecule has 1 heterocycles. The van der Waals surface area contributed by atoms with Gasteiger partial charge in [0, 0.05) is 22.9 Å². The maximum Gasteiger partial charge on any atom is 0.127 e. The Bertz CT molecular complexity index is 502. The molecule has 0 amide bonds. The highest BCUT2D eigenvalue weighted by Crippen LogP contribution is 2.20. The fourth-order valence-corrected chi connectivity index (χ4v) is 1.99. The van der Waals surface area contributed by atoms with Gasteiger partial charge in [-0.05, 0) is 41.8 Å². The second-order valence-corrected chi connectivity index (χ2v) is 4.74. The number of aromatic nitrogens is 1. The standard InChI is InChI=1S/C13H12BrFN2/c14-11-2-1-10(12(15)8-11)7-13(16)9-3-5-17-6-4-9/h1-6,8,13H,7,16H2. The van der Waals surface area contributed by atoms with Crippen LogP contribution in [-0.4, -0.2) is 4.98 Å². The van der Waals surface area contributed by atoms with Gasteiger partial charge in [0.1, 0.15) is 5.82 Å². The molecule has 2 rings (SSSR count). The number of rotatable bonds is 3. The van der Waals surface area contributed by atoms with Crippen LogP contribution in [0.2, 0.25) is 0 Å². The summed E-state index contributed by atoms with van der Waals surface area (Å²) in [6.45, 7) is 0. The molecule has 0 radical (unpaired) electrons. The van der Waals surface area contributed by atoms with E-state index in [1.165, 1.54) is 6.07 Å². The van der Waals surface area contributed by atoms with Crippen molar-refractivity contribution in [1.82, 2.24) is 4.98 Å². The van der Waals surface area contributed by atoms with Crippen molar-refractivity contribution in [3.63, 3.8) is 0 Å². The molecule has 1 aromatic carbocycles. The fourth-order valence-electron chi connectivity index (χ4n) is 1.65. The van der Waals surface area contributed by atoms with Gasteiger partial charge in [-0.2, -0.15) is 0 Å². The minimum atomic E-state index is -0.233. The Morgan fingerprint density at radius 2 is 1.94 bits per heavy atom. The third kappa shape index (κ3) is 3.11. The van der Waals surface area contributed by atoms with E-state index in [2.05, 4.69) is 20.9 Å². The van der Waals surface area contributed by atoms with E-state index in [9.17, 15) is 4.39 Å². The highest BCUT2D eigenvalue weighted by Gasteiger charge is 2.10. The number of benzene rings is 1. The summed E-state index contributed by atoms with van der Waals surface area (Å²) < 4.78 is 14.4. The van der Waals surface area contributed by atoms with Crippen molar-refractivity contribution in [2.24, 2.45) is 5.73 Å². The Labute approximate surface area is 108 Å². The third-order valence-corrected chi connectivity index (χ3v) is 3.08. The summed E-state index contributed by atoms with van der Waals surface area (Å²) >= 11 is 3.23. The zero-order valence-corrected chi connectivity index (χ0v) is 10.7. The van der Waals surface area contributed by atoms with Crippen molar-refractivity contribution in [2.45, 2.75) is 12.5 Å². The summed E-state index contributed by atoms with van der Waals surface area (Å²) in [5, 5.41) is 0. The number of nitrogens with two attached hydrogens (primary N) is 1. The summed E-state index contributed by atoms with van der Waals surface area (Å²) in [4.78, 5) is 3.93. The minimum Gasteiger partial charge on any atom is -0.324 e. The van der Waals surface area contributed by atoms with Gasteiger partial charge < -0.3 is 5.73 Å². The molecule has 0 saturated heterocycles. The van der Waals surface area contributed by atoms with Crippen LogP contribution in [0.3, 0.4) is 0 Å². The summed E-state index contributed by atoms with van der Waals surface area (Å²) in [5.74, 6) is -0.233.